The van der Waals surface area contributed by atoms with E-state index in [1.54, 1.807) is 0 Å². The Bertz CT molecular complexity index is 513. The molecule has 2 aliphatic rings. The molecule has 0 amide bonds. The number of hydrogen-bond donors (Lipinski definition) is 1. The molecule has 0 bridgehead atoms. The van der Waals surface area contributed by atoms with Crippen molar-refractivity contribution in [1.82, 2.24) is 5.32 Å². The summed E-state index contributed by atoms with van der Waals surface area (Å²) in [5, 5.41) is 3.42. The molecular formula is C17H24N2O2. The molecule has 2 atom stereocenters. The number of rotatable bonds is 5. The number of carbonyl (C=O) groups is 1. The van der Waals surface area contributed by atoms with E-state index in [1.807, 2.05) is 0 Å². The van der Waals surface area contributed by atoms with Crippen molar-refractivity contribution in [2.24, 2.45) is 5.92 Å². The number of nitrogens with one attached hydrogen (secondary N) is 1. The van der Waals surface area contributed by atoms with Crippen LogP contribution < -0.4 is 10.2 Å². The second-order valence-electron chi connectivity index (χ2n) is 6.36. The van der Waals surface area contributed by atoms with Crippen LogP contribution in [-0.4, -0.2) is 38.3 Å². The van der Waals surface area contributed by atoms with Crippen LogP contribution >= 0.6 is 0 Å². The lowest BCUT2D eigenvalue weighted by Gasteiger charge is -2.36. The highest BCUT2D eigenvalue weighted by molar-refractivity contribution is 5.77. The molecule has 1 heterocycles. The maximum Gasteiger partial charge on any atom is 0.324 e. The average Bonchev–Trinajstić information content (AvgIpc) is 3.29. The third-order valence-corrected chi connectivity index (χ3v) is 4.34. The van der Waals surface area contributed by atoms with Crippen LogP contribution in [0.25, 0.3) is 0 Å². The summed E-state index contributed by atoms with van der Waals surface area (Å²) in [6, 6.07) is 8.78. The van der Waals surface area contributed by atoms with Gasteiger partial charge in [0.1, 0.15) is 6.04 Å². The van der Waals surface area contributed by atoms with E-state index in [0.29, 0.717) is 18.5 Å². The van der Waals surface area contributed by atoms with Crippen LogP contribution in [0.4, 0.5) is 5.69 Å². The molecule has 114 valence electrons. The van der Waals surface area contributed by atoms with E-state index < -0.39 is 0 Å². The van der Waals surface area contributed by atoms with E-state index in [2.05, 4.69) is 41.4 Å². The van der Waals surface area contributed by atoms with Crippen molar-refractivity contribution in [3.8, 4) is 0 Å². The minimum absolute atomic E-state index is 0.155. The van der Waals surface area contributed by atoms with Crippen LogP contribution in [0.2, 0.25) is 0 Å². The number of hydrogen-bond acceptors (Lipinski definition) is 4. The summed E-state index contributed by atoms with van der Waals surface area (Å²) in [5.74, 6) is 0.455. The number of nitrogens with zero attached hydrogens (tertiary/aromatic N) is 1. The number of ether oxygens (including phenoxy) is 1. The molecule has 0 saturated heterocycles. The Kier molecular flexibility index (Phi) is 4.15. The van der Waals surface area contributed by atoms with Gasteiger partial charge in [0, 0.05) is 24.8 Å². The van der Waals surface area contributed by atoms with Crippen molar-refractivity contribution in [2.45, 2.75) is 38.3 Å². The van der Waals surface area contributed by atoms with Crippen molar-refractivity contribution in [3.63, 3.8) is 0 Å². The molecule has 1 aliphatic heterocycles. The van der Waals surface area contributed by atoms with Crippen molar-refractivity contribution >= 4 is 11.7 Å². The molecule has 1 aromatic carbocycles. The molecule has 2 unspecified atom stereocenters. The van der Waals surface area contributed by atoms with Crippen LogP contribution in [0.3, 0.4) is 0 Å². The van der Waals surface area contributed by atoms with E-state index in [0.717, 1.165) is 13.0 Å². The van der Waals surface area contributed by atoms with E-state index in [-0.39, 0.29) is 12.0 Å². The fourth-order valence-corrected chi connectivity index (χ4v) is 3.17. The average molecular weight is 288 g/mol. The van der Waals surface area contributed by atoms with Crippen molar-refractivity contribution < 1.29 is 9.53 Å². The van der Waals surface area contributed by atoms with E-state index in [4.69, 9.17) is 4.74 Å². The highest BCUT2D eigenvalue weighted by Crippen LogP contribution is 2.30. The number of para-hydroxylation sites is 1. The second-order valence-corrected chi connectivity index (χ2v) is 6.36. The summed E-state index contributed by atoms with van der Waals surface area (Å²) in [6.07, 6.45) is 3.45. The quantitative estimate of drug-likeness (QED) is 0.841. The monoisotopic (exact) mass is 288 g/mol. The fourth-order valence-electron chi connectivity index (χ4n) is 3.17. The standard InChI is InChI=1S/C17H24N2O2/c1-12-9-13-5-3-4-6-16(13)19(10-12)11-15(17(20)21-2)18-14-7-8-14/h3-6,12,14-15,18H,7-11H2,1-2H3. The van der Waals surface area contributed by atoms with Gasteiger partial charge < -0.3 is 15.0 Å². The zero-order chi connectivity index (χ0) is 14.8. The Labute approximate surface area is 126 Å². The number of anilines is 1. The number of methoxy groups -OCH3 is 1. The fraction of sp³-hybridized carbons (Fsp3) is 0.588. The maximum absolute atomic E-state index is 12.0. The van der Waals surface area contributed by atoms with Gasteiger partial charge in [-0.2, -0.15) is 0 Å². The number of esters is 1. The van der Waals surface area contributed by atoms with Crippen LogP contribution in [0.1, 0.15) is 25.3 Å². The van der Waals surface area contributed by atoms with Crippen molar-refractivity contribution in [3.05, 3.63) is 29.8 Å². The normalized spacial score (nSPS) is 22.6. The van der Waals surface area contributed by atoms with Crippen molar-refractivity contribution in [1.29, 1.82) is 0 Å². The van der Waals surface area contributed by atoms with Gasteiger partial charge in [0.25, 0.3) is 0 Å². The van der Waals surface area contributed by atoms with Gasteiger partial charge in [-0.1, -0.05) is 25.1 Å². The molecule has 1 saturated carbocycles. The summed E-state index contributed by atoms with van der Waals surface area (Å²) in [4.78, 5) is 14.4. The molecule has 1 N–H and O–H groups in total. The van der Waals surface area contributed by atoms with E-state index in [9.17, 15) is 4.79 Å². The van der Waals surface area contributed by atoms with Gasteiger partial charge in [0.2, 0.25) is 0 Å². The number of carbonyl (C=O) groups excluding carboxylic acids is 1. The molecular weight excluding hydrogens is 264 g/mol. The predicted octanol–water partition coefficient (Wildman–Crippen LogP) is 1.98. The summed E-state index contributed by atoms with van der Waals surface area (Å²) >= 11 is 0. The molecule has 0 aromatic heterocycles. The molecule has 0 radical (unpaired) electrons. The van der Waals surface area contributed by atoms with Gasteiger partial charge in [0.05, 0.1) is 7.11 Å². The first-order valence-corrected chi connectivity index (χ1v) is 7.84. The Hall–Kier alpha value is -1.55. The third kappa shape index (κ3) is 3.38. The lowest BCUT2D eigenvalue weighted by molar-refractivity contribution is -0.142. The first-order valence-electron chi connectivity index (χ1n) is 7.84. The summed E-state index contributed by atoms with van der Waals surface area (Å²) in [7, 11) is 1.47. The summed E-state index contributed by atoms with van der Waals surface area (Å²) in [6.45, 7) is 3.95. The predicted molar refractivity (Wildman–Crippen MR) is 83.5 cm³/mol. The zero-order valence-corrected chi connectivity index (χ0v) is 12.8. The van der Waals surface area contributed by atoms with Crippen molar-refractivity contribution in [2.75, 3.05) is 25.1 Å². The Balaban J connectivity index is 1.76. The Morgan fingerprint density at radius 3 is 2.90 bits per heavy atom. The topological polar surface area (TPSA) is 41.6 Å². The Morgan fingerprint density at radius 2 is 2.19 bits per heavy atom. The SMILES string of the molecule is COC(=O)C(CN1CC(C)Cc2ccccc21)NC1CC1. The number of benzene rings is 1. The first-order chi connectivity index (χ1) is 10.2. The van der Waals surface area contributed by atoms with Crippen LogP contribution in [0, 0.1) is 5.92 Å². The molecule has 1 aromatic rings. The van der Waals surface area contributed by atoms with Gasteiger partial charge in [-0.05, 0) is 36.8 Å². The van der Waals surface area contributed by atoms with Gasteiger partial charge in [-0.25, -0.2) is 0 Å². The molecule has 3 rings (SSSR count). The summed E-state index contributed by atoms with van der Waals surface area (Å²) < 4.78 is 4.97. The van der Waals surface area contributed by atoms with Gasteiger partial charge >= 0.3 is 5.97 Å². The largest absolute Gasteiger partial charge is 0.468 e. The smallest absolute Gasteiger partial charge is 0.324 e. The lowest BCUT2D eigenvalue weighted by Crippen LogP contribution is -2.49. The van der Waals surface area contributed by atoms with Crippen LogP contribution in [0.15, 0.2) is 24.3 Å². The van der Waals surface area contributed by atoms with E-state index in [1.165, 1.54) is 31.2 Å². The maximum atomic E-state index is 12.0. The summed E-state index contributed by atoms with van der Waals surface area (Å²) in [5.41, 5.74) is 2.65. The minimum Gasteiger partial charge on any atom is -0.468 e. The highest BCUT2D eigenvalue weighted by Gasteiger charge is 2.32. The molecule has 0 spiro atoms. The molecule has 4 heteroatoms. The van der Waals surface area contributed by atoms with Gasteiger partial charge in [0.15, 0.2) is 0 Å². The Morgan fingerprint density at radius 1 is 1.43 bits per heavy atom. The first kappa shape index (κ1) is 14.4. The molecule has 21 heavy (non-hydrogen) atoms. The second kappa shape index (κ2) is 6.06. The lowest BCUT2D eigenvalue weighted by atomic mass is 9.93. The van der Waals surface area contributed by atoms with Gasteiger partial charge in [-0.15, -0.1) is 0 Å². The third-order valence-electron chi connectivity index (χ3n) is 4.34. The highest BCUT2D eigenvalue weighted by atomic mass is 16.5. The molecule has 1 aliphatic carbocycles. The van der Waals surface area contributed by atoms with Gasteiger partial charge in [-0.3, -0.25) is 4.79 Å². The zero-order valence-electron chi connectivity index (χ0n) is 12.8. The van der Waals surface area contributed by atoms with Crippen LogP contribution in [-0.2, 0) is 16.0 Å². The molecule has 1 fully saturated rings. The number of fused-ring (bicyclic) bond motifs is 1. The molecule has 4 nitrogen and oxygen atoms in total. The van der Waals surface area contributed by atoms with E-state index >= 15 is 0 Å². The van der Waals surface area contributed by atoms with Crippen LogP contribution in [0.5, 0.6) is 0 Å². The minimum atomic E-state index is -0.235.